The number of unbranched alkanes of at least 4 members (excludes halogenated alkanes) is 5. The molecule has 0 aromatic rings. The van der Waals surface area contributed by atoms with Gasteiger partial charge in [0.2, 0.25) is 0 Å². The van der Waals surface area contributed by atoms with Crippen LogP contribution in [0, 0.1) is 0 Å². The fourth-order valence-electron chi connectivity index (χ4n) is 2.96. The van der Waals surface area contributed by atoms with Gasteiger partial charge < -0.3 is 30.6 Å². The topological polar surface area (TPSA) is 121 Å². The minimum absolute atomic E-state index is 0.0586. The Hall–Kier alpha value is -0.760. The molecule has 0 aliphatic heterocycles. The summed E-state index contributed by atoms with van der Waals surface area (Å²) in [5.41, 5.74) is 0.202. The maximum Gasteiger partial charge on any atom is 0.113 e. The van der Waals surface area contributed by atoms with E-state index >= 15 is 0 Å². The van der Waals surface area contributed by atoms with Gasteiger partial charge in [-0.3, -0.25) is 0 Å². The van der Waals surface area contributed by atoms with Crippen molar-refractivity contribution in [2.45, 2.75) is 82.4 Å². The second-order valence-corrected chi connectivity index (χ2v) is 6.49. The van der Waals surface area contributed by atoms with Crippen LogP contribution < -0.4 is 0 Å². The summed E-state index contributed by atoms with van der Waals surface area (Å²) in [6.45, 7) is 1.62. The van der Waals surface area contributed by atoms with Crippen LogP contribution in [0.5, 0.6) is 0 Å². The summed E-state index contributed by atoms with van der Waals surface area (Å²) in [5.74, 6) is 0. The molecule has 1 rings (SSSR count). The standard InChI is InChI=1S/C18H32O6/c1-2-3-4-5-6-7-8-12(20)9-10-13-14(11-19)16(22)18(24)17(23)15(13)21/h9-10,12,15-24H,2-8,11H2,1H3/b10-9-/t12-,15+,16+,17-,18-/m0/s1. The fraction of sp³-hybridized carbons (Fsp3) is 0.778. The third-order valence-corrected chi connectivity index (χ3v) is 4.57. The monoisotopic (exact) mass is 344 g/mol. The second-order valence-electron chi connectivity index (χ2n) is 6.49. The highest BCUT2D eigenvalue weighted by atomic mass is 16.4. The Balaban J connectivity index is 2.58. The van der Waals surface area contributed by atoms with Gasteiger partial charge >= 0.3 is 0 Å². The van der Waals surface area contributed by atoms with Gasteiger partial charge in [-0.1, -0.05) is 57.6 Å². The fourth-order valence-corrected chi connectivity index (χ4v) is 2.96. The summed E-state index contributed by atoms with van der Waals surface area (Å²) in [5, 5.41) is 58.6. The molecule has 140 valence electrons. The number of hydrogen-bond donors (Lipinski definition) is 6. The van der Waals surface area contributed by atoms with Crippen molar-refractivity contribution in [2.24, 2.45) is 0 Å². The largest absolute Gasteiger partial charge is 0.392 e. The first-order chi connectivity index (χ1) is 11.4. The van der Waals surface area contributed by atoms with Crippen molar-refractivity contribution in [3.63, 3.8) is 0 Å². The van der Waals surface area contributed by atoms with E-state index in [4.69, 9.17) is 0 Å². The van der Waals surface area contributed by atoms with Gasteiger partial charge in [0, 0.05) is 0 Å². The molecule has 0 radical (unpaired) electrons. The predicted octanol–water partition coefficient (Wildman–Crippen LogP) is 0.400. The molecule has 0 fully saturated rings. The van der Waals surface area contributed by atoms with Crippen LogP contribution >= 0.6 is 0 Å². The van der Waals surface area contributed by atoms with Crippen LogP contribution in [-0.2, 0) is 0 Å². The van der Waals surface area contributed by atoms with E-state index in [1.165, 1.54) is 31.4 Å². The minimum atomic E-state index is -1.55. The number of aliphatic hydroxyl groups is 6. The molecule has 0 saturated heterocycles. The molecule has 1 aliphatic carbocycles. The van der Waals surface area contributed by atoms with Crippen LogP contribution in [0.2, 0.25) is 0 Å². The Morgan fingerprint density at radius 2 is 1.50 bits per heavy atom. The second kappa shape index (κ2) is 11.0. The molecule has 0 spiro atoms. The van der Waals surface area contributed by atoms with Crippen molar-refractivity contribution in [3.05, 3.63) is 23.3 Å². The summed E-state index contributed by atoms with van der Waals surface area (Å²) < 4.78 is 0. The van der Waals surface area contributed by atoms with E-state index in [0.29, 0.717) is 6.42 Å². The number of rotatable bonds is 10. The van der Waals surface area contributed by atoms with Crippen molar-refractivity contribution in [3.8, 4) is 0 Å². The molecule has 0 unspecified atom stereocenters. The predicted molar refractivity (Wildman–Crippen MR) is 91.3 cm³/mol. The van der Waals surface area contributed by atoms with Gasteiger partial charge in [-0.2, -0.15) is 0 Å². The molecule has 0 aromatic carbocycles. The third-order valence-electron chi connectivity index (χ3n) is 4.57. The zero-order chi connectivity index (χ0) is 18.1. The summed E-state index contributed by atoms with van der Waals surface area (Å²) >= 11 is 0. The molecule has 0 saturated carbocycles. The van der Waals surface area contributed by atoms with E-state index in [1.807, 2.05) is 0 Å². The Bertz CT molecular complexity index is 420. The van der Waals surface area contributed by atoms with Crippen molar-refractivity contribution in [1.82, 2.24) is 0 Å². The average molecular weight is 344 g/mol. The third kappa shape index (κ3) is 5.95. The zero-order valence-electron chi connectivity index (χ0n) is 14.4. The Kier molecular flexibility index (Phi) is 9.73. The molecule has 0 amide bonds. The van der Waals surface area contributed by atoms with Gasteiger partial charge in [0.15, 0.2) is 0 Å². The Labute approximate surface area is 143 Å². The van der Waals surface area contributed by atoms with Crippen molar-refractivity contribution < 1.29 is 30.6 Å². The molecule has 24 heavy (non-hydrogen) atoms. The maximum absolute atomic E-state index is 10.0. The highest BCUT2D eigenvalue weighted by molar-refractivity contribution is 5.37. The highest BCUT2D eigenvalue weighted by Crippen LogP contribution is 2.27. The van der Waals surface area contributed by atoms with E-state index in [-0.39, 0.29) is 11.1 Å². The van der Waals surface area contributed by atoms with E-state index < -0.39 is 37.1 Å². The smallest absolute Gasteiger partial charge is 0.113 e. The van der Waals surface area contributed by atoms with E-state index in [1.54, 1.807) is 0 Å². The van der Waals surface area contributed by atoms with E-state index in [2.05, 4.69) is 6.92 Å². The molecular formula is C18H32O6. The molecule has 6 heteroatoms. The number of aliphatic hydroxyl groups excluding tert-OH is 6. The van der Waals surface area contributed by atoms with E-state index in [0.717, 1.165) is 19.3 Å². The Morgan fingerprint density at radius 1 is 0.917 bits per heavy atom. The summed E-state index contributed by atoms with van der Waals surface area (Å²) in [7, 11) is 0. The molecule has 6 nitrogen and oxygen atoms in total. The highest BCUT2D eigenvalue weighted by Gasteiger charge is 2.40. The quantitative estimate of drug-likeness (QED) is 0.319. The van der Waals surface area contributed by atoms with Crippen molar-refractivity contribution >= 4 is 0 Å². The zero-order valence-corrected chi connectivity index (χ0v) is 14.4. The first-order valence-electron chi connectivity index (χ1n) is 8.86. The maximum atomic E-state index is 10.0. The Morgan fingerprint density at radius 3 is 2.12 bits per heavy atom. The van der Waals surface area contributed by atoms with E-state index in [9.17, 15) is 30.6 Å². The van der Waals surface area contributed by atoms with Crippen LogP contribution in [0.15, 0.2) is 23.3 Å². The molecule has 6 N–H and O–H groups in total. The molecule has 5 atom stereocenters. The van der Waals surface area contributed by atoms with Gasteiger partial charge in [-0.25, -0.2) is 0 Å². The van der Waals surface area contributed by atoms with Crippen LogP contribution in [0.4, 0.5) is 0 Å². The molecule has 0 aromatic heterocycles. The first kappa shape index (κ1) is 21.3. The number of hydrogen-bond acceptors (Lipinski definition) is 6. The average Bonchev–Trinajstić information content (AvgIpc) is 2.58. The molecule has 0 heterocycles. The van der Waals surface area contributed by atoms with Crippen LogP contribution in [0.1, 0.15) is 51.9 Å². The first-order valence-corrected chi connectivity index (χ1v) is 8.86. The summed E-state index contributed by atoms with van der Waals surface area (Å²) in [6.07, 6.45) is 3.59. The van der Waals surface area contributed by atoms with Crippen LogP contribution in [0.25, 0.3) is 0 Å². The lowest BCUT2D eigenvalue weighted by atomic mass is 9.83. The van der Waals surface area contributed by atoms with Gasteiger partial charge in [-0.05, 0) is 17.6 Å². The molecular weight excluding hydrogens is 312 g/mol. The summed E-state index contributed by atoms with van der Waals surface area (Å²) in [6, 6.07) is 0. The van der Waals surface area contributed by atoms with Gasteiger partial charge in [-0.15, -0.1) is 0 Å². The summed E-state index contributed by atoms with van der Waals surface area (Å²) in [4.78, 5) is 0. The van der Waals surface area contributed by atoms with Gasteiger partial charge in [0.1, 0.15) is 24.4 Å². The normalized spacial score (nSPS) is 29.5. The van der Waals surface area contributed by atoms with Gasteiger partial charge in [0.25, 0.3) is 0 Å². The molecule has 1 aliphatic rings. The van der Waals surface area contributed by atoms with Crippen LogP contribution in [-0.4, -0.2) is 67.8 Å². The van der Waals surface area contributed by atoms with Crippen molar-refractivity contribution in [2.75, 3.05) is 6.61 Å². The molecule has 0 bridgehead atoms. The minimum Gasteiger partial charge on any atom is -0.392 e. The lowest BCUT2D eigenvalue weighted by molar-refractivity contribution is -0.0979. The SMILES string of the molecule is CCCCCCCC[C@H](O)/C=C\C1=C(CO)[C@@H](O)[C@H](O)[C@@H](O)[C@@H]1O. The van der Waals surface area contributed by atoms with Crippen molar-refractivity contribution in [1.29, 1.82) is 0 Å². The lowest BCUT2D eigenvalue weighted by Crippen LogP contribution is -2.51. The van der Waals surface area contributed by atoms with Crippen LogP contribution in [0.3, 0.4) is 0 Å². The lowest BCUT2D eigenvalue weighted by Gasteiger charge is -2.35. The van der Waals surface area contributed by atoms with Gasteiger partial charge in [0.05, 0.1) is 12.7 Å².